The molecule has 0 saturated heterocycles. The Hall–Kier alpha value is -3.65. The van der Waals surface area contributed by atoms with E-state index in [4.69, 9.17) is 5.26 Å². The highest BCUT2D eigenvalue weighted by atomic mass is 16.2. The Labute approximate surface area is 152 Å². The number of nitrogens with one attached hydrogen (secondary N) is 1. The van der Waals surface area contributed by atoms with Crippen molar-refractivity contribution in [3.8, 4) is 6.07 Å². The van der Waals surface area contributed by atoms with Crippen LogP contribution < -0.4 is 5.32 Å². The minimum atomic E-state index is -0.133. The van der Waals surface area contributed by atoms with Crippen LogP contribution in [0, 0.1) is 11.3 Å². The van der Waals surface area contributed by atoms with E-state index in [0.717, 1.165) is 16.9 Å². The van der Waals surface area contributed by atoms with E-state index in [-0.39, 0.29) is 5.91 Å². The molecule has 3 aromatic rings. The van der Waals surface area contributed by atoms with Crippen molar-refractivity contribution in [2.24, 2.45) is 0 Å². The van der Waals surface area contributed by atoms with Crippen molar-refractivity contribution >= 4 is 17.3 Å². The number of nitriles is 1. The van der Waals surface area contributed by atoms with Crippen LogP contribution in [-0.2, 0) is 6.54 Å². The van der Waals surface area contributed by atoms with Crippen LogP contribution in [0.3, 0.4) is 0 Å². The van der Waals surface area contributed by atoms with Gasteiger partial charge in [-0.15, -0.1) is 0 Å². The molecule has 0 atom stereocenters. The van der Waals surface area contributed by atoms with E-state index in [1.807, 2.05) is 42.5 Å². The van der Waals surface area contributed by atoms with Gasteiger partial charge in [0.15, 0.2) is 0 Å². The Morgan fingerprint density at radius 3 is 2.58 bits per heavy atom. The van der Waals surface area contributed by atoms with Crippen LogP contribution >= 0.6 is 0 Å². The summed E-state index contributed by atoms with van der Waals surface area (Å²) in [7, 11) is 1.76. The molecule has 3 rings (SSSR count). The number of rotatable bonds is 5. The first-order valence-electron chi connectivity index (χ1n) is 8.18. The number of nitrogens with zero attached hydrogens (tertiary/aromatic N) is 3. The highest BCUT2D eigenvalue weighted by molar-refractivity contribution is 5.92. The molecule has 0 unspecified atom stereocenters. The molecule has 0 aliphatic carbocycles. The quantitative estimate of drug-likeness (QED) is 0.762. The highest BCUT2D eigenvalue weighted by Crippen LogP contribution is 2.17. The zero-order chi connectivity index (χ0) is 18.4. The SMILES string of the molecule is CN(Cc1ccccc1)C(=O)c1ccc(Nc2cccc(C#N)c2)cn1. The third-order valence-corrected chi connectivity index (χ3v) is 3.87. The van der Waals surface area contributed by atoms with Gasteiger partial charge in [0, 0.05) is 19.3 Å². The van der Waals surface area contributed by atoms with E-state index < -0.39 is 0 Å². The molecular weight excluding hydrogens is 324 g/mol. The fourth-order valence-electron chi connectivity index (χ4n) is 2.55. The van der Waals surface area contributed by atoms with Gasteiger partial charge in [-0.1, -0.05) is 36.4 Å². The minimum Gasteiger partial charge on any atom is -0.354 e. The monoisotopic (exact) mass is 342 g/mol. The Bertz CT molecular complexity index is 930. The first-order chi connectivity index (χ1) is 12.7. The third kappa shape index (κ3) is 4.25. The Balaban J connectivity index is 1.66. The summed E-state index contributed by atoms with van der Waals surface area (Å²) >= 11 is 0. The second-order valence-corrected chi connectivity index (χ2v) is 5.90. The van der Waals surface area contributed by atoms with Crippen molar-refractivity contribution in [2.75, 3.05) is 12.4 Å². The van der Waals surface area contributed by atoms with Crippen molar-refractivity contribution in [3.05, 3.63) is 89.7 Å². The van der Waals surface area contributed by atoms with E-state index in [9.17, 15) is 4.79 Å². The van der Waals surface area contributed by atoms with Crippen molar-refractivity contribution in [3.63, 3.8) is 0 Å². The molecule has 0 fully saturated rings. The predicted octanol–water partition coefficient (Wildman–Crippen LogP) is 3.97. The van der Waals surface area contributed by atoms with Gasteiger partial charge in [0.1, 0.15) is 5.69 Å². The number of hydrogen-bond donors (Lipinski definition) is 1. The number of amides is 1. The molecule has 128 valence electrons. The fourth-order valence-corrected chi connectivity index (χ4v) is 2.55. The van der Waals surface area contributed by atoms with Crippen LogP contribution in [0.4, 0.5) is 11.4 Å². The number of hydrogen-bond acceptors (Lipinski definition) is 4. The van der Waals surface area contributed by atoms with Gasteiger partial charge in [-0.2, -0.15) is 5.26 Å². The molecule has 1 heterocycles. The van der Waals surface area contributed by atoms with Crippen LogP contribution in [0.5, 0.6) is 0 Å². The van der Waals surface area contributed by atoms with E-state index in [1.54, 1.807) is 42.4 Å². The van der Waals surface area contributed by atoms with Crippen LogP contribution in [0.2, 0.25) is 0 Å². The summed E-state index contributed by atoms with van der Waals surface area (Å²) in [6.07, 6.45) is 1.61. The van der Waals surface area contributed by atoms with E-state index >= 15 is 0 Å². The number of aromatic nitrogens is 1. The van der Waals surface area contributed by atoms with Crippen LogP contribution in [-0.4, -0.2) is 22.8 Å². The molecule has 0 aliphatic heterocycles. The van der Waals surface area contributed by atoms with Crippen LogP contribution in [0.25, 0.3) is 0 Å². The average molecular weight is 342 g/mol. The molecule has 2 aromatic carbocycles. The van der Waals surface area contributed by atoms with Gasteiger partial charge in [-0.25, -0.2) is 4.98 Å². The fraction of sp³-hybridized carbons (Fsp3) is 0.0952. The van der Waals surface area contributed by atoms with Gasteiger partial charge >= 0.3 is 0 Å². The lowest BCUT2D eigenvalue weighted by molar-refractivity contribution is 0.0779. The van der Waals surface area contributed by atoms with Crippen molar-refractivity contribution in [2.45, 2.75) is 6.54 Å². The summed E-state index contributed by atoms with van der Waals surface area (Å²) in [5.41, 5.74) is 3.59. The molecule has 0 aliphatic rings. The molecule has 5 heteroatoms. The molecule has 0 bridgehead atoms. The lowest BCUT2D eigenvalue weighted by Crippen LogP contribution is -2.26. The molecule has 5 nitrogen and oxygen atoms in total. The molecular formula is C21H18N4O. The molecule has 1 amide bonds. The molecule has 1 aromatic heterocycles. The van der Waals surface area contributed by atoms with E-state index in [0.29, 0.717) is 17.8 Å². The first-order valence-corrected chi connectivity index (χ1v) is 8.18. The lowest BCUT2D eigenvalue weighted by Gasteiger charge is -2.17. The van der Waals surface area contributed by atoms with E-state index in [2.05, 4.69) is 16.4 Å². The zero-order valence-corrected chi connectivity index (χ0v) is 14.4. The number of benzene rings is 2. The third-order valence-electron chi connectivity index (χ3n) is 3.87. The van der Waals surface area contributed by atoms with Gasteiger partial charge in [0.25, 0.3) is 5.91 Å². The molecule has 1 N–H and O–H groups in total. The summed E-state index contributed by atoms with van der Waals surface area (Å²) < 4.78 is 0. The maximum Gasteiger partial charge on any atom is 0.272 e. The van der Waals surface area contributed by atoms with Crippen molar-refractivity contribution < 1.29 is 4.79 Å². The molecule has 26 heavy (non-hydrogen) atoms. The normalized spacial score (nSPS) is 10.0. The Morgan fingerprint density at radius 2 is 1.88 bits per heavy atom. The number of pyridine rings is 1. The number of anilines is 2. The second kappa shape index (κ2) is 7.95. The average Bonchev–Trinajstić information content (AvgIpc) is 2.69. The van der Waals surface area contributed by atoms with Crippen molar-refractivity contribution in [1.82, 2.24) is 9.88 Å². The predicted molar refractivity (Wildman–Crippen MR) is 101 cm³/mol. The van der Waals surface area contributed by atoms with Gasteiger partial charge in [0.05, 0.1) is 23.5 Å². The summed E-state index contributed by atoms with van der Waals surface area (Å²) in [6.45, 7) is 0.530. The van der Waals surface area contributed by atoms with Gasteiger partial charge in [-0.05, 0) is 35.9 Å². The largest absolute Gasteiger partial charge is 0.354 e. The summed E-state index contributed by atoms with van der Waals surface area (Å²) in [4.78, 5) is 18.4. The molecule has 0 spiro atoms. The lowest BCUT2D eigenvalue weighted by atomic mass is 10.2. The maximum atomic E-state index is 12.5. The van der Waals surface area contributed by atoms with Gasteiger partial charge in [-0.3, -0.25) is 4.79 Å². The summed E-state index contributed by atoms with van der Waals surface area (Å²) in [6, 6.07) is 22.6. The van der Waals surface area contributed by atoms with Crippen LogP contribution in [0.15, 0.2) is 72.9 Å². The van der Waals surface area contributed by atoms with Gasteiger partial charge in [0.2, 0.25) is 0 Å². The smallest absolute Gasteiger partial charge is 0.272 e. The Kier molecular flexibility index (Phi) is 5.25. The van der Waals surface area contributed by atoms with E-state index in [1.165, 1.54) is 0 Å². The van der Waals surface area contributed by atoms with Gasteiger partial charge < -0.3 is 10.2 Å². The first kappa shape index (κ1) is 17.2. The second-order valence-electron chi connectivity index (χ2n) is 5.90. The highest BCUT2D eigenvalue weighted by Gasteiger charge is 2.13. The standard InChI is InChI=1S/C21H18N4O/c1-25(15-16-6-3-2-4-7-16)21(26)20-11-10-19(14-23-20)24-18-9-5-8-17(12-18)13-22/h2-12,14,24H,15H2,1H3. The summed E-state index contributed by atoms with van der Waals surface area (Å²) in [5, 5.41) is 12.1. The number of carbonyl (C=O) groups excluding carboxylic acids is 1. The summed E-state index contributed by atoms with van der Waals surface area (Å²) in [5.74, 6) is -0.133. The topological polar surface area (TPSA) is 69.0 Å². The molecule has 0 radical (unpaired) electrons. The maximum absolute atomic E-state index is 12.5. The molecule has 0 saturated carbocycles. The number of carbonyl (C=O) groups is 1. The van der Waals surface area contributed by atoms with Crippen LogP contribution in [0.1, 0.15) is 21.6 Å². The zero-order valence-electron chi connectivity index (χ0n) is 14.4. The minimum absolute atomic E-state index is 0.133. The Morgan fingerprint density at radius 1 is 1.08 bits per heavy atom. The van der Waals surface area contributed by atoms with Crippen molar-refractivity contribution in [1.29, 1.82) is 5.26 Å².